The number of amides is 2. The van der Waals surface area contributed by atoms with Crippen molar-refractivity contribution in [2.75, 3.05) is 6.54 Å². The van der Waals surface area contributed by atoms with Crippen LogP contribution in [0.15, 0.2) is 53.0 Å². The Balaban J connectivity index is 2.25. The lowest BCUT2D eigenvalue weighted by Gasteiger charge is -2.29. The van der Waals surface area contributed by atoms with Crippen molar-refractivity contribution >= 4 is 33.4 Å². The Morgan fingerprint density at radius 1 is 1.17 bits per heavy atom. The van der Waals surface area contributed by atoms with Crippen LogP contribution < -0.4 is 5.32 Å². The second-order valence-electron chi connectivity index (χ2n) is 7.03. The van der Waals surface area contributed by atoms with Gasteiger partial charge in [-0.15, -0.1) is 0 Å². The van der Waals surface area contributed by atoms with Gasteiger partial charge in [0.2, 0.25) is 11.8 Å². The molecule has 0 heterocycles. The van der Waals surface area contributed by atoms with Gasteiger partial charge in [0.1, 0.15) is 6.04 Å². The maximum atomic E-state index is 13.1. The third kappa shape index (κ3) is 6.66. The van der Waals surface area contributed by atoms with Gasteiger partial charge in [0.25, 0.3) is 5.69 Å². The van der Waals surface area contributed by atoms with Gasteiger partial charge in [-0.25, -0.2) is 0 Å². The van der Waals surface area contributed by atoms with E-state index in [0.29, 0.717) is 12.1 Å². The van der Waals surface area contributed by atoms with Crippen molar-refractivity contribution in [3.63, 3.8) is 0 Å². The molecule has 1 N–H and O–H groups in total. The third-order valence-electron chi connectivity index (χ3n) is 4.79. The van der Waals surface area contributed by atoms with Gasteiger partial charge in [-0.05, 0) is 31.0 Å². The predicted octanol–water partition coefficient (Wildman–Crippen LogP) is 4.23. The molecule has 0 saturated carbocycles. The zero-order valence-electron chi connectivity index (χ0n) is 17.1. The molecule has 8 heteroatoms. The van der Waals surface area contributed by atoms with Gasteiger partial charge in [-0.2, -0.15) is 0 Å². The molecule has 30 heavy (non-hydrogen) atoms. The molecule has 2 aromatic carbocycles. The van der Waals surface area contributed by atoms with Crippen molar-refractivity contribution in [1.29, 1.82) is 0 Å². The maximum absolute atomic E-state index is 13.1. The fraction of sp³-hybridized carbons (Fsp3) is 0.364. The van der Waals surface area contributed by atoms with Gasteiger partial charge in [0.15, 0.2) is 0 Å². The summed E-state index contributed by atoms with van der Waals surface area (Å²) in [5.41, 5.74) is 1.09. The molecule has 0 aromatic heterocycles. The number of hydrogen-bond acceptors (Lipinski definition) is 4. The molecule has 160 valence electrons. The molecule has 0 aliphatic rings. The SMILES string of the molecule is CCCCNC(=O)C(C)N(Cc1ccc(Br)cc1)C(=O)Cc1ccccc1[N+](=O)[O-]. The smallest absolute Gasteiger partial charge is 0.273 e. The molecule has 0 spiro atoms. The normalized spacial score (nSPS) is 11.6. The molecule has 2 amide bonds. The molecule has 1 unspecified atom stereocenters. The first-order valence-corrected chi connectivity index (χ1v) is 10.7. The largest absolute Gasteiger partial charge is 0.354 e. The Hall–Kier alpha value is -2.74. The average Bonchev–Trinajstić information content (AvgIpc) is 2.73. The topological polar surface area (TPSA) is 92.6 Å². The molecule has 0 aliphatic carbocycles. The maximum Gasteiger partial charge on any atom is 0.273 e. The standard InChI is InChI=1S/C22H26BrN3O4/c1-3-4-13-24-22(28)16(2)25(15-17-9-11-19(23)12-10-17)21(27)14-18-7-5-6-8-20(18)26(29)30/h5-12,16H,3-4,13-15H2,1-2H3,(H,24,28). The van der Waals surface area contributed by atoms with Gasteiger partial charge in [0.05, 0.1) is 11.3 Å². The van der Waals surface area contributed by atoms with Gasteiger partial charge >= 0.3 is 0 Å². The van der Waals surface area contributed by atoms with E-state index >= 15 is 0 Å². The minimum atomic E-state index is -0.708. The molecule has 1 atom stereocenters. The average molecular weight is 476 g/mol. The number of benzene rings is 2. The Labute approximate surface area is 184 Å². The molecule has 0 saturated heterocycles. The molecular formula is C22H26BrN3O4. The number of unbranched alkanes of at least 4 members (excludes halogenated alkanes) is 1. The lowest BCUT2D eigenvalue weighted by molar-refractivity contribution is -0.385. The monoisotopic (exact) mass is 475 g/mol. The summed E-state index contributed by atoms with van der Waals surface area (Å²) >= 11 is 3.39. The van der Waals surface area contributed by atoms with Gasteiger partial charge in [0, 0.05) is 29.2 Å². The van der Waals surface area contributed by atoms with Crippen LogP contribution in [-0.2, 0) is 22.6 Å². The number of nitrogens with zero attached hydrogens (tertiary/aromatic N) is 2. The van der Waals surface area contributed by atoms with Crippen molar-refractivity contribution in [2.45, 2.75) is 45.7 Å². The number of para-hydroxylation sites is 1. The molecule has 0 fully saturated rings. The molecule has 7 nitrogen and oxygen atoms in total. The molecule has 0 radical (unpaired) electrons. The number of hydrogen-bond donors (Lipinski definition) is 1. The number of carbonyl (C=O) groups is 2. The van der Waals surface area contributed by atoms with E-state index in [1.807, 2.05) is 31.2 Å². The number of nitrogens with one attached hydrogen (secondary N) is 1. The zero-order valence-corrected chi connectivity index (χ0v) is 18.7. The van der Waals surface area contributed by atoms with Crippen molar-refractivity contribution < 1.29 is 14.5 Å². The summed E-state index contributed by atoms with van der Waals surface area (Å²) in [5.74, 6) is -0.582. The minimum Gasteiger partial charge on any atom is -0.354 e. The fourth-order valence-corrected chi connectivity index (χ4v) is 3.27. The van der Waals surface area contributed by atoms with E-state index in [0.717, 1.165) is 22.9 Å². The van der Waals surface area contributed by atoms with Crippen LogP contribution >= 0.6 is 15.9 Å². The number of nitro groups is 1. The summed E-state index contributed by atoms with van der Waals surface area (Å²) in [5, 5.41) is 14.2. The first kappa shape index (κ1) is 23.5. The predicted molar refractivity (Wildman–Crippen MR) is 119 cm³/mol. The van der Waals surface area contributed by atoms with Crippen LogP contribution in [0.1, 0.15) is 37.8 Å². The Bertz CT molecular complexity index is 886. The molecular weight excluding hydrogens is 450 g/mol. The van der Waals surface area contributed by atoms with Crippen LogP contribution in [0.4, 0.5) is 5.69 Å². The van der Waals surface area contributed by atoms with Gasteiger partial charge in [-0.1, -0.05) is 59.6 Å². The zero-order chi connectivity index (χ0) is 22.1. The Kier molecular flexibility index (Phi) is 8.98. The van der Waals surface area contributed by atoms with Crippen molar-refractivity contribution in [1.82, 2.24) is 10.2 Å². The highest BCUT2D eigenvalue weighted by Gasteiger charge is 2.27. The van der Waals surface area contributed by atoms with Gasteiger partial charge in [-0.3, -0.25) is 19.7 Å². The Morgan fingerprint density at radius 3 is 2.47 bits per heavy atom. The number of carbonyl (C=O) groups excluding carboxylic acids is 2. The van der Waals surface area contributed by atoms with Crippen LogP contribution in [0.3, 0.4) is 0 Å². The first-order chi connectivity index (χ1) is 14.3. The highest BCUT2D eigenvalue weighted by molar-refractivity contribution is 9.10. The van der Waals surface area contributed by atoms with Crippen molar-refractivity contribution in [3.8, 4) is 0 Å². The molecule has 0 bridgehead atoms. The van der Waals surface area contributed by atoms with E-state index < -0.39 is 11.0 Å². The lowest BCUT2D eigenvalue weighted by Crippen LogP contribution is -2.48. The van der Waals surface area contributed by atoms with Crippen LogP contribution in [0.5, 0.6) is 0 Å². The second kappa shape index (κ2) is 11.4. The van der Waals surface area contributed by atoms with Crippen LogP contribution in [0, 0.1) is 10.1 Å². The third-order valence-corrected chi connectivity index (χ3v) is 5.32. The number of halogens is 1. The summed E-state index contributed by atoms with van der Waals surface area (Å²) in [6.07, 6.45) is 1.66. The van der Waals surface area contributed by atoms with E-state index in [1.54, 1.807) is 25.1 Å². The molecule has 0 aliphatic heterocycles. The quantitative estimate of drug-likeness (QED) is 0.316. The fourth-order valence-electron chi connectivity index (χ4n) is 3.01. The molecule has 2 aromatic rings. The molecule has 2 rings (SSSR count). The second-order valence-corrected chi connectivity index (χ2v) is 7.95. The van der Waals surface area contributed by atoms with Crippen molar-refractivity contribution in [3.05, 3.63) is 74.2 Å². The van der Waals surface area contributed by atoms with Gasteiger partial charge < -0.3 is 10.2 Å². The number of nitro benzene ring substituents is 1. The summed E-state index contributed by atoms with van der Waals surface area (Å²) < 4.78 is 0.911. The highest BCUT2D eigenvalue weighted by Crippen LogP contribution is 2.21. The summed E-state index contributed by atoms with van der Waals surface area (Å²) in [4.78, 5) is 38.0. The van der Waals surface area contributed by atoms with E-state index in [-0.39, 0.29) is 30.5 Å². The first-order valence-electron chi connectivity index (χ1n) is 9.87. The summed E-state index contributed by atoms with van der Waals surface area (Å²) in [7, 11) is 0. The van der Waals surface area contributed by atoms with E-state index in [9.17, 15) is 19.7 Å². The van der Waals surface area contributed by atoms with E-state index in [1.165, 1.54) is 11.0 Å². The van der Waals surface area contributed by atoms with Crippen LogP contribution in [0.25, 0.3) is 0 Å². The van der Waals surface area contributed by atoms with Crippen LogP contribution in [-0.4, -0.2) is 34.2 Å². The Morgan fingerprint density at radius 2 is 1.83 bits per heavy atom. The lowest BCUT2D eigenvalue weighted by atomic mass is 10.1. The summed E-state index contributed by atoms with van der Waals surface area (Å²) in [6, 6.07) is 12.9. The van der Waals surface area contributed by atoms with Crippen molar-refractivity contribution in [2.24, 2.45) is 0 Å². The minimum absolute atomic E-state index is 0.102. The van der Waals surface area contributed by atoms with E-state index in [4.69, 9.17) is 0 Å². The van der Waals surface area contributed by atoms with E-state index in [2.05, 4.69) is 21.2 Å². The number of rotatable bonds is 10. The highest BCUT2D eigenvalue weighted by atomic mass is 79.9. The van der Waals surface area contributed by atoms with Crippen LogP contribution in [0.2, 0.25) is 0 Å². The summed E-state index contributed by atoms with van der Waals surface area (Å²) in [6.45, 7) is 4.49.